The van der Waals surface area contributed by atoms with Gasteiger partial charge in [-0.2, -0.15) is 5.26 Å². The molecule has 2 fully saturated rings. The van der Waals surface area contributed by atoms with E-state index in [9.17, 15) is 0 Å². The smallest absolute Gasteiger partial charge is 0.101 e. The summed E-state index contributed by atoms with van der Waals surface area (Å²) < 4.78 is 5.79. The number of benzene rings is 1. The van der Waals surface area contributed by atoms with Crippen molar-refractivity contribution in [3.63, 3.8) is 0 Å². The Morgan fingerprint density at radius 3 is 2.89 bits per heavy atom. The van der Waals surface area contributed by atoms with Crippen LogP contribution in [0.2, 0.25) is 0 Å². The summed E-state index contributed by atoms with van der Waals surface area (Å²) in [6.45, 7) is 0.816. The SMILES string of the molecule is N#Cc1cccc(NC2CCOC2C2CC2)c1N. The number of nitriles is 1. The fourth-order valence-electron chi connectivity index (χ4n) is 2.64. The summed E-state index contributed by atoms with van der Waals surface area (Å²) in [4.78, 5) is 0. The highest BCUT2D eigenvalue weighted by Crippen LogP contribution is 2.40. The zero-order chi connectivity index (χ0) is 12.5. The second-order valence-corrected chi connectivity index (χ2v) is 5.09. The van der Waals surface area contributed by atoms with Crippen molar-refractivity contribution < 1.29 is 4.74 Å². The average Bonchev–Trinajstić information content (AvgIpc) is 3.13. The van der Waals surface area contributed by atoms with Crippen LogP contribution < -0.4 is 11.1 Å². The van der Waals surface area contributed by atoms with E-state index in [0.29, 0.717) is 29.3 Å². The fourth-order valence-corrected chi connectivity index (χ4v) is 2.64. The lowest BCUT2D eigenvalue weighted by Crippen LogP contribution is -2.31. The lowest BCUT2D eigenvalue weighted by molar-refractivity contribution is 0.0898. The molecule has 18 heavy (non-hydrogen) atoms. The second kappa shape index (κ2) is 4.51. The molecule has 0 spiro atoms. The van der Waals surface area contributed by atoms with E-state index < -0.39 is 0 Å². The monoisotopic (exact) mass is 243 g/mol. The van der Waals surface area contributed by atoms with Crippen molar-refractivity contribution in [3.8, 4) is 6.07 Å². The van der Waals surface area contributed by atoms with E-state index >= 15 is 0 Å². The van der Waals surface area contributed by atoms with Crippen LogP contribution in [-0.4, -0.2) is 18.8 Å². The number of rotatable bonds is 3. The summed E-state index contributed by atoms with van der Waals surface area (Å²) in [5.74, 6) is 0.713. The first-order chi connectivity index (χ1) is 8.79. The highest BCUT2D eigenvalue weighted by molar-refractivity contribution is 5.73. The highest BCUT2D eigenvalue weighted by atomic mass is 16.5. The van der Waals surface area contributed by atoms with E-state index in [4.69, 9.17) is 15.7 Å². The van der Waals surface area contributed by atoms with Crippen LogP contribution >= 0.6 is 0 Å². The van der Waals surface area contributed by atoms with Crippen molar-refractivity contribution in [2.45, 2.75) is 31.4 Å². The number of hydrogen-bond acceptors (Lipinski definition) is 4. The highest BCUT2D eigenvalue weighted by Gasteiger charge is 2.40. The lowest BCUT2D eigenvalue weighted by atomic mass is 10.0. The third-order valence-electron chi connectivity index (χ3n) is 3.79. The standard InChI is InChI=1S/C14H17N3O/c15-8-10-2-1-3-11(13(10)16)17-12-6-7-18-14(12)9-4-5-9/h1-3,9,12,14,17H,4-7,16H2. The predicted octanol–water partition coefficient (Wildman–Crippen LogP) is 2.12. The molecule has 0 amide bonds. The van der Waals surface area contributed by atoms with E-state index in [2.05, 4.69) is 11.4 Å². The number of para-hydroxylation sites is 1. The summed E-state index contributed by atoms with van der Waals surface area (Å²) in [5.41, 5.74) is 7.91. The first kappa shape index (κ1) is 11.4. The summed E-state index contributed by atoms with van der Waals surface area (Å²) in [6, 6.07) is 7.97. The van der Waals surface area contributed by atoms with Gasteiger partial charge in [-0.25, -0.2) is 0 Å². The van der Waals surface area contributed by atoms with Crippen molar-refractivity contribution in [1.82, 2.24) is 0 Å². The molecule has 3 N–H and O–H groups in total. The molecule has 1 saturated carbocycles. The van der Waals surface area contributed by atoms with Crippen LogP contribution in [-0.2, 0) is 4.74 Å². The van der Waals surface area contributed by atoms with Gasteiger partial charge in [0.25, 0.3) is 0 Å². The molecule has 0 radical (unpaired) electrons. The van der Waals surface area contributed by atoms with Gasteiger partial charge in [0.2, 0.25) is 0 Å². The Bertz CT molecular complexity index is 490. The molecule has 1 saturated heterocycles. The van der Waals surface area contributed by atoms with Gasteiger partial charge >= 0.3 is 0 Å². The lowest BCUT2D eigenvalue weighted by Gasteiger charge is -2.21. The Balaban J connectivity index is 1.78. The van der Waals surface area contributed by atoms with Gasteiger partial charge in [-0.05, 0) is 37.3 Å². The molecule has 1 aliphatic heterocycles. The number of ether oxygens (including phenoxy) is 1. The molecule has 3 rings (SSSR count). The van der Waals surface area contributed by atoms with E-state index in [-0.39, 0.29) is 0 Å². The summed E-state index contributed by atoms with van der Waals surface area (Å²) in [7, 11) is 0. The van der Waals surface area contributed by atoms with Crippen molar-refractivity contribution >= 4 is 11.4 Å². The first-order valence-corrected chi connectivity index (χ1v) is 6.46. The molecular formula is C14H17N3O. The van der Waals surface area contributed by atoms with Crippen molar-refractivity contribution in [2.75, 3.05) is 17.7 Å². The Morgan fingerprint density at radius 1 is 1.33 bits per heavy atom. The van der Waals surface area contributed by atoms with Crippen molar-refractivity contribution in [2.24, 2.45) is 5.92 Å². The van der Waals surface area contributed by atoms with Gasteiger partial charge in [0.15, 0.2) is 0 Å². The third-order valence-corrected chi connectivity index (χ3v) is 3.79. The quantitative estimate of drug-likeness (QED) is 0.798. The fraction of sp³-hybridized carbons (Fsp3) is 0.500. The molecule has 1 heterocycles. The van der Waals surface area contributed by atoms with Crippen LogP contribution in [0, 0.1) is 17.2 Å². The van der Waals surface area contributed by atoms with Crippen LogP contribution in [0.1, 0.15) is 24.8 Å². The van der Waals surface area contributed by atoms with E-state index in [0.717, 1.165) is 18.7 Å². The minimum absolute atomic E-state index is 0.315. The second-order valence-electron chi connectivity index (χ2n) is 5.09. The number of nitrogens with zero attached hydrogens (tertiary/aromatic N) is 1. The molecule has 2 aliphatic rings. The maximum absolute atomic E-state index is 8.97. The maximum atomic E-state index is 8.97. The third kappa shape index (κ3) is 2.02. The Labute approximate surface area is 107 Å². The predicted molar refractivity (Wildman–Crippen MR) is 70.1 cm³/mol. The largest absolute Gasteiger partial charge is 0.396 e. The number of nitrogens with two attached hydrogens (primary N) is 1. The van der Waals surface area contributed by atoms with Crippen molar-refractivity contribution in [1.29, 1.82) is 5.26 Å². The number of nitrogens with one attached hydrogen (secondary N) is 1. The van der Waals surface area contributed by atoms with Gasteiger partial charge in [0.05, 0.1) is 29.1 Å². The van der Waals surface area contributed by atoms with Gasteiger partial charge < -0.3 is 15.8 Å². The summed E-state index contributed by atoms with van der Waals surface area (Å²) >= 11 is 0. The zero-order valence-electron chi connectivity index (χ0n) is 10.2. The van der Waals surface area contributed by atoms with Gasteiger partial charge in [-0.3, -0.25) is 0 Å². The Morgan fingerprint density at radius 2 is 2.17 bits per heavy atom. The normalized spacial score (nSPS) is 26.8. The molecule has 94 valence electrons. The van der Waals surface area contributed by atoms with Crippen LogP contribution in [0.3, 0.4) is 0 Å². The van der Waals surface area contributed by atoms with Crippen LogP contribution in [0.15, 0.2) is 18.2 Å². The molecule has 1 aromatic rings. The van der Waals surface area contributed by atoms with Gasteiger partial charge in [-0.15, -0.1) is 0 Å². The van der Waals surface area contributed by atoms with E-state index in [1.807, 2.05) is 12.1 Å². The van der Waals surface area contributed by atoms with Crippen LogP contribution in [0.25, 0.3) is 0 Å². The molecule has 0 aromatic heterocycles. The van der Waals surface area contributed by atoms with Gasteiger partial charge in [0, 0.05) is 6.61 Å². The number of anilines is 2. The van der Waals surface area contributed by atoms with Crippen LogP contribution in [0.5, 0.6) is 0 Å². The average molecular weight is 243 g/mol. The molecule has 4 nitrogen and oxygen atoms in total. The number of hydrogen-bond donors (Lipinski definition) is 2. The molecule has 0 bridgehead atoms. The minimum atomic E-state index is 0.315. The Kier molecular flexibility index (Phi) is 2.85. The summed E-state index contributed by atoms with van der Waals surface area (Å²) in [6.07, 6.45) is 3.87. The van der Waals surface area contributed by atoms with Gasteiger partial charge in [0.1, 0.15) is 6.07 Å². The van der Waals surface area contributed by atoms with E-state index in [1.165, 1.54) is 12.8 Å². The molecule has 1 aromatic carbocycles. The Hall–Kier alpha value is -1.73. The maximum Gasteiger partial charge on any atom is 0.101 e. The molecule has 4 heteroatoms. The molecule has 2 atom stereocenters. The number of nitrogen functional groups attached to an aromatic ring is 1. The summed E-state index contributed by atoms with van der Waals surface area (Å²) in [5, 5.41) is 12.4. The zero-order valence-corrected chi connectivity index (χ0v) is 10.2. The molecule has 2 unspecified atom stereocenters. The van der Waals surface area contributed by atoms with E-state index in [1.54, 1.807) is 6.07 Å². The molecule has 1 aliphatic carbocycles. The minimum Gasteiger partial charge on any atom is -0.396 e. The van der Waals surface area contributed by atoms with Gasteiger partial charge in [-0.1, -0.05) is 6.07 Å². The van der Waals surface area contributed by atoms with Crippen molar-refractivity contribution in [3.05, 3.63) is 23.8 Å². The topological polar surface area (TPSA) is 71.1 Å². The first-order valence-electron chi connectivity index (χ1n) is 6.46. The molecular weight excluding hydrogens is 226 g/mol. The van der Waals surface area contributed by atoms with Crippen LogP contribution in [0.4, 0.5) is 11.4 Å².